The average Bonchev–Trinajstić information content (AvgIpc) is 1.55. The van der Waals surface area contributed by atoms with E-state index in [1.54, 1.807) is 0 Å². The van der Waals surface area contributed by atoms with Gasteiger partial charge in [-0.3, -0.25) is 0 Å². The molecule has 2 aliphatic carbocycles. The van der Waals surface area contributed by atoms with Crippen molar-refractivity contribution in [1.82, 2.24) is 9.97 Å². The lowest BCUT2D eigenvalue weighted by Crippen LogP contribution is -2.15. The molecule has 20 rings (SSSR count). The first-order chi connectivity index (χ1) is 47.1. The van der Waals surface area contributed by atoms with Crippen molar-refractivity contribution in [2.45, 2.75) is 38.5 Å². The molecular formula is C92H62N2O2. The molecule has 0 N–H and O–H groups in total. The second-order valence-corrected chi connectivity index (χ2v) is 27.1. The maximum absolute atomic E-state index is 6.49. The minimum absolute atomic E-state index is 0.0753. The van der Waals surface area contributed by atoms with Gasteiger partial charge in [-0.05, 0) is 216 Å². The molecule has 0 saturated carbocycles. The standard InChI is InChI=1S/2C46H31NO/c1-46(2)40-27-35(20-22-37(40)38-23-19-28-9-6-7-14-36(28)43(38)46)33-13-8-12-32(25-33)34-18-16-29-15-17-30-21-24-41-44(42(30)39(29)26-34)48-45(47-41)31-10-4-3-5-11-31;1-46(2)39-23-20-28-9-6-7-14-36(28)43(39)37-22-19-35(27-40(37)46)33-13-8-12-32(25-33)34-18-16-29-15-17-30-21-24-41-44(42(30)38(29)26-34)48-45(47-41)31-10-4-3-5-11-31/h2*3-27H,1-2H3. The van der Waals surface area contributed by atoms with Gasteiger partial charge in [-0.25, -0.2) is 9.97 Å². The number of nitrogens with zero attached hydrogens (tertiary/aromatic N) is 2. The Kier molecular flexibility index (Phi) is 12.3. The Balaban J connectivity index is 0.000000135. The van der Waals surface area contributed by atoms with Gasteiger partial charge in [0.25, 0.3) is 0 Å². The molecule has 0 atom stereocenters. The Bertz CT molecular complexity index is 6270. The van der Waals surface area contributed by atoms with E-state index in [1.807, 2.05) is 60.7 Å². The first-order valence-corrected chi connectivity index (χ1v) is 33.2. The smallest absolute Gasteiger partial charge is 0.227 e. The highest BCUT2D eigenvalue weighted by Gasteiger charge is 2.38. The molecule has 18 aromatic rings. The van der Waals surface area contributed by atoms with E-state index >= 15 is 0 Å². The zero-order valence-corrected chi connectivity index (χ0v) is 53.6. The van der Waals surface area contributed by atoms with Crippen molar-refractivity contribution in [3.05, 3.63) is 326 Å². The molecule has 16 aromatic carbocycles. The van der Waals surface area contributed by atoms with E-state index in [9.17, 15) is 0 Å². The normalized spacial score (nSPS) is 13.4. The molecule has 452 valence electrons. The van der Waals surface area contributed by atoms with Crippen LogP contribution in [0, 0.1) is 0 Å². The summed E-state index contributed by atoms with van der Waals surface area (Å²) < 4.78 is 13.0. The van der Waals surface area contributed by atoms with Gasteiger partial charge in [0.1, 0.15) is 11.0 Å². The molecule has 2 heterocycles. The maximum Gasteiger partial charge on any atom is 0.227 e. The summed E-state index contributed by atoms with van der Waals surface area (Å²) >= 11 is 0. The molecule has 0 saturated heterocycles. The highest BCUT2D eigenvalue weighted by molar-refractivity contribution is 6.20. The monoisotopic (exact) mass is 1230 g/mol. The Morgan fingerprint density at radius 1 is 0.250 bits per heavy atom. The van der Waals surface area contributed by atoms with Crippen molar-refractivity contribution >= 4 is 86.8 Å². The van der Waals surface area contributed by atoms with E-state index in [2.05, 4.69) is 270 Å². The van der Waals surface area contributed by atoms with Crippen molar-refractivity contribution in [2.24, 2.45) is 0 Å². The van der Waals surface area contributed by atoms with Crippen LogP contribution in [0.5, 0.6) is 0 Å². The number of hydrogen-bond donors (Lipinski definition) is 0. The zero-order valence-electron chi connectivity index (χ0n) is 53.6. The fraction of sp³-hybridized carbons (Fsp3) is 0.0652. The summed E-state index contributed by atoms with van der Waals surface area (Å²) in [6.45, 7) is 9.47. The number of fused-ring (bicyclic) bond motifs is 20. The Hall–Kier alpha value is -12.0. The fourth-order valence-corrected chi connectivity index (χ4v) is 16.0. The third-order valence-corrected chi connectivity index (χ3v) is 20.9. The number of rotatable bonds is 6. The van der Waals surface area contributed by atoms with E-state index in [0.717, 1.165) is 54.9 Å². The van der Waals surface area contributed by atoms with Crippen LogP contribution >= 0.6 is 0 Å². The average molecular weight is 1230 g/mol. The predicted octanol–water partition coefficient (Wildman–Crippen LogP) is 25.2. The second-order valence-electron chi connectivity index (χ2n) is 27.1. The fourth-order valence-electron chi connectivity index (χ4n) is 16.0. The zero-order chi connectivity index (χ0) is 64.0. The largest absolute Gasteiger partial charge is 0.435 e. The van der Waals surface area contributed by atoms with Gasteiger partial charge in [-0.15, -0.1) is 0 Å². The third-order valence-electron chi connectivity index (χ3n) is 20.9. The highest BCUT2D eigenvalue weighted by Crippen LogP contribution is 2.54. The van der Waals surface area contributed by atoms with Gasteiger partial charge in [-0.2, -0.15) is 0 Å². The SMILES string of the molecule is CC1(C)c2cc(-c3cccc(-c4ccc5ccc6ccc7nc(-c8ccccc8)oc7c6c5c4)c3)ccc2-c2c1ccc1ccccc21.CC1(C)c2cc(-c3cccc(-c4ccc5ccc6ccc7nc(-c8ccccc8)oc7c6c5c4)c3)ccc2-c2ccc3ccccc3c21. The summed E-state index contributed by atoms with van der Waals surface area (Å²) in [5.41, 5.74) is 25.9. The second kappa shape index (κ2) is 21.3. The first-order valence-electron chi connectivity index (χ1n) is 33.2. The molecular weight excluding hydrogens is 1170 g/mol. The lowest BCUT2D eigenvalue weighted by Gasteiger charge is -2.23. The summed E-state index contributed by atoms with van der Waals surface area (Å²) in [6, 6.07) is 110. The topological polar surface area (TPSA) is 52.1 Å². The van der Waals surface area contributed by atoms with Gasteiger partial charge in [0.2, 0.25) is 11.8 Å². The van der Waals surface area contributed by atoms with Crippen LogP contribution < -0.4 is 0 Å². The van der Waals surface area contributed by atoms with Crippen LogP contribution in [0.25, 0.3) is 177 Å². The summed E-state index contributed by atoms with van der Waals surface area (Å²) in [7, 11) is 0. The van der Waals surface area contributed by atoms with Gasteiger partial charge < -0.3 is 8.83 Å². The first kappa shape index (κ1) is 55.6. The summed E-state index contributed by atoms with van der Waals surface area (Å²) in [5, 5.41) is 14.5. The van der Waals surface area contributed by atoms with Gasteiger partial charge in [0.05, 0.1) is 0 Å². The molecule has 0 aliphatic heterocycles. The van der Waals surface area contributed by atoms with E-state index in [0.29, 0.717) is 11.8 Å². The van der Waals surface area contributed by atoms with E-state index in [4.69, 9.17) is 18.8 Å². The maximum atomic E-state index is 6.49. The Morgan fingerprint density at radius 3 is 1.18 bits per heavy atom. The van der Waals surface area contributed by atoms with Crippen LogP contribution in [-0.4, -0.2) is 9.97 Å². The van der Waals surface area contributed by atoms with Crippen molar-refractivity contribution in [3.63, 3.8) is 0 Å². The van der Waals surface area contributed by atoms with Crippen molar-refractivity contribution in [1.29, 1.82) is 0 Å². The minimum atomic E-state index is -0.0923. The Morgan fingerprint density at radius 2 is 0.625 bits per heavy atom. The third kappa shape index (κ3) is 8.75. The lowest BCUT2D eigenvalue weighted by molar-refractivity contribution is 0.623. The molecule has 0 fully saturated rings. The van der Waals surface area contributed by atoms with E-state index in [1.165, 1.54) is 132 Å². The van der Waals surface area contributed by atoms with Gasteiger partial charge >= 0.3 is 0 Å². The minimum Gasteiger partial charge on any atom is -0.435 e. The van der Waals surface area contributed by atoms with Crippen LogP contribution in [0.3, 0.4) is 0 Å². The quantitative estimate of drug-likeness (QED) is 0.156. The molecule has 4 heteroatoms. The molecule has 0 bridgehead atoms. The van der Waals surface area contributed by atoms with Crippen LogP contribution in [0.1, 0.15) is 49.9 Å². The van der Waals surface area contributed by atoms with Gasteiger partial charge in [-0.1, -0.05) is 258 Å². The number of benzene rings is 16. The van der Waals surface area contributed by atoms with E-state index < -0.39 is 0 Å². The summed E-state index contributed by atoms with van der Waals surface area (Å²) in [5.74, 6) is 1.29. The molecule has 0 radical (unpaired) electrons. The summed E-state index contributed by atoms with van der Waals surface area (Å²) in [4.78, 5) is 9.72. The lowest BCUT2D eigenvalue weighted by atomic mass is 9.79. The van der Waals surface area contributed by atoms with E-state index in [-0.39, 0.29) is 10.8 Å². The number of oxazole rings is 2. The predicted molar refractivity (Wildman–Crippen MR) is 401 cm³/mol. The van der Waals surface area contributed by atoms with Gasteiger partial charge in [0, 0.05) is 32.7 Å². The van der Waals surface area contributed by atoms with Crippen LogP contribution in [0.15, 0.2) is 312 Å². The van der Waals surface area contributed by atoms with Crippen molar-refractivity contribution in [3.8, 4) is 89.7 Å². The number of aromatic nitrogens is 2. The summed E-state index contributed by atoms with van der Waals surface area (Å²) in [6.07, 6.45) is 0. The molecule has 4 nitrogen and oxygen atoms in total. The van der Waals surface area contributed by atoms with Crippen molar-refractivity contribution in [2.75, 3.05) is 0 Å². The molecule has 2 aromatic heterocycles. The van der Waals surface area contributed by atoms with Gasteiger partial charge in [0.15, 0.2) is 11.2 Å². The van der Waals surface area contributed by atoms with Crippen LogP contribution in [0.4, 0.5) is 0 Å². The Labute approximate surface area is 556 Å². The van der Waals surface area contributed by atoms with Crippen LogP contribution in [-0.2, 0) is 10.8 Å². The number of hydrogen-bond acceptors (Lipinski definition) is 4. The highest BCUT2D eigenvalue weighted by atomic mass is 16.4. The molecule has 2 aliphatic rings. The van der Waals surface area contributed by atoms with Crippen LogP contribution in [0.2, 0.25) is 0 Å². The molecule has 96 heavy (non-hydrogen) atoms. The molecule has 0 spiro atoms. The molecule has 0 unspecified atom stereocenters. The molecule has 0 amide bonds. The van der Waals surface area contributed by atoms with Crippen molar-refractivity contribution < 1.29 is 8.83 Å².